The minimum Gasteiger partial charge on any atom is -0.387 e. The van der Waals surface area contributed by atoms with Crippen molar-refractivity contribution in [1.82, 2.24) is 0 Å². The average molecular weight is 200 g/mol. The van der Waals surface area contributed by atoms with Crippen LogP contribution in [0.4, 0.5) is 4.39 Å². The van der Waals surface area contributed by atoms with Crippen LogP contribution in [0.3, 0.4) is 0 Å². The summed E-state index contributed by atoms with van der Waals surface area (Å²) < 4.78 is 13.1. The van der Waals surface area contributed by atoms with E-state index in [9.17, 15) is 9.50 Å². The highest BCUT2D eigenvalue weighted by molar-refractivity contribution is 6.30. The fraction of sp³-hybridized carbons (Fsp3) is 0.222. The van der Waals surface area contributed by atoms with Gasteiger partial charge in [0.15, 0.2) is 0 Å². The quantitative estimate of drug-likeness (QED) is 0.795. The van der Waals surface area contributed by atoms with E-state index in [2.05, 4.69) is 0 Å². The summed E-state index contributed by atoms with van der Waals surface area (Å²) in [7, 11) is 0. The molecule has 0 aliphatic heterocycles. The van der Waals surface area contributed by atoms with Gasteiger partial charge < -0.3 is 5.11 Å². The summed E-state index contributed by atoms with van der Waals surface area (Å²) in [5.74, 6) is -0.588. The van der Waals surface area contributed by atoms with Crippen LogP contribution < -0.4 is 0 Å². The number of aliphatic hydroxyl groups excluding tert-OH is 1. The van der Waals surface area contributed by atoms with Crippen molar-refractivity contribution in [3.05, 3.63) is 34.6 Å². The van der Waals surface area contributed by atoms with E-state index in [0.29, 0.717) is 0 Å². The molecule has 0 amide bonds. The molecule has 0 fully saturated rings. The van der Waals surface area contributed by atoms with Crippen LogP contribution in [0.15, 0.2) is 18.2 Å². The number of aliphatic hydroxyl groups is 1. The molecule has 1 unspecified atom stereocenters. The van der Waals surface area contributed by atoms with Crippen molar-refractivity contribution < 1.29 is 9.50 Å². The van der Waals surface area contributed by atoms with Crippen molar-refractivity contribution in [3.8, 4) is 6.07 Å². The summed E-state index contributed by atoms with van der Waals surface area (Å²) in [6.07, 6.45) is -1.21. The number of halogens is 2. The maximum Gasteiger partial charge on any atom is 0.130 e. The first-order valence-corrected chi connectivity index (χ1v) is 4.03. The Morgan fingerprint density at radius 2 is 2.31 bits per heavy atom. The van der Waals surface area contributed by atoms with Crippen LogP contribution >= 0.6 is 11.6 Å². The van der Waals surface area contributed by atoms with Gasteiger partial charge in [-0.25, -0.2) is 4.39 Å². The SMILES string of the molecule is N#CCC(O)c1ccc(Cl)cc1F. The monoisotopic (exact) mass is 199 g/mol. The van der Waals surface area contributed by atoms with Crippen molar-refractivity contribution in [2.45, 2.75) is 12.5 Å². The van der Waals surface area contributed by atoms with E-state index in [1.54, 1.807) is 6.07 Å². The topological polar surface area (TPSA) is 44.0 Å². The zero-order valence-corrected chi connectivity index (χ0v) is 7.42. The molecule has 0 saturated heterocycles. The van der Waals surface area contributed by atoms with E-state index >= 15 is 0 Å². The third-order valence-corrected chi connectivity index (χ3v) is 1.84. The van der Waals surface area contributed by atoms with E-state index in [1.807, 2.05) is 0 Å². The molecule has 1 aromatic carbocycles. The van der Waals surface area contributed by atoms with E-state index in [-0.39, 0.29) is 17.0 Å². The normalized spacial score (nSPS) is 12.2. The fourth-order valence-electron chi connectivity index (χ4n) is 0.968. The van der Waals surface area contributed by atoms with Crippen molar-refractivity contribution in [2.75, 3.05) is 0 Å². The molecule has 1 aromatic rings. The second-order valence-electron chi connectivity index (χ2n) is 2.54. The summed E-state index contributed by atoms with van der Waals surface area (Å²) in [6.45, 7) is 0. The zero-order valence-electron chi connectivity index (χ0n) is 6.67. The Hall–Kier alpha value is -1.11. The molecule has 0 aliphatic carbocycles. The molecule has 0 radical (unpaired) electrons. The number of rotatable bonds is 2. The van der Waals surface area contributed by atoms with Gasteiger partial charge in [-0.2, -0.15) is 5.26 Å². The molecule has 0 heterocycles. The van der Waals surface area contributed by atoms with Gasteiger partial charge in [0.25, 0.3) is 0 Å². The molecule has 1 atom stereocenters. The molecule has 0 saturated carbocycles. The summed E-state index contributed by atoms with van der Waals surface area (Å²) in [4.78, 5) is 0. The third kappa shape index (κ3) is 2.41. The predicted octanol–water partition coefficient (Wildman–Crippen LogP) is 2.43. The molecule has 0 aromatic heterocycles. The number of hydrogen-bond donors (Lipinski definition) is 1. The smallest absolute Gasteiger partial charge is 0.130 e. The summed E-state index contributed by atoms with van der Waals surface area (Å²) in [5, 5.41) is 17.8. The third-order valence-electron chi connectivity index (χ3n) is 1.61. The van der Waals surface area contributed by atoms with Crippen LogP contribution in [-0.2, 0) is 0 Å². The van der Waals surface area contributed by atoms with Crippen LogP contribution in [0.2, 0.25) is 5.02 Å². The second kappa shape index (κ2) is 4.22. The van der Waals surface area contributed by atoms with Gasteiger partial charge in [-0.1, -0.05) is 17.7 Å². The molecule has 2 nitrogen and oxygen atoms in total. The number of hydrogen-bond acceptors (Lipinski definition) is 2. The van der Waals surface area contributed by atoms with Crippen molar-refractivity contribution >= 4 is 11.6 Å². The average Bonchev–Trinajstić information content (AvgIpc) is 2.04. The van der Waals surface area contributed by atoms with Gasteiger partial charge >= 0.3 is 0 Å². The van der Waals surface area contributed by atoms with Gasteiger partial charge in [0.05, 0.1) is 18.6 Å². The highest BCUT2D eigenvalue weighted by atomic mass is 35.5. The molecule has 1 rings (SSSR count). The largest absolute Gasteiger partial charge is 0.387 e. The molecule has 0 bridgehead atoms. The van der Waals surface area contributed by atoms with Gasteiger partial charge in [0.2, 0.25) is 0 Å². The Morgan fingerprint density at radius 1 is 1.62 bits per heavy atom. The lowest BCUT2D eigenvalue weighted by Gasteiger charge is -2.07. The van der Waals surface area contributed by atoms with Crippen LogP contribution in [0, 0.1) is 17.1 Å². The van der Waals surface area contributed by atoms with Gasteiger partial charge in [0, 0.05) is 10.6 Å². The van der Waals surface area contributed by atoms with Crippen molar-refractivity contribution in [1.29, 1.82) is 5.26 Å². The summed E-state index contributed by atoms with van der Waals surface area (Å²) >= 11 is 5.51. The Morgan fingerprint density at radius 3 is 2.85 bits per heavy atom. The lowest BCUT2D eigenvalue weighted by molar-refractivity contribution is 0.178. The lowest BCUT2D eigenvalue weighted by Crippen LogP contribution is -1.99. The Labute approximate surface area is 80.2 Å². The minimum absolute atomic E-state index is 0.103. The number of benzene rings is 1. The van der Waals surface area contributed by atoms with Gasteiger partial charge in [-0.05, 0) is 12.1 Å². The van der Waals surface area contributed by atoms with Gasteiger partial charge in [-0.3, -0.25) is 0 Å². The Kier molecular flexibility index (Phi) is 3.24. The first-order chi connectivity index (χ1) is 6.15. The molecule has 68 valence electrons. The first kappa shape index (κ1) is 9.97. The standard InChI is InChI=1S/C9H7ClFNO/c10-6-1-2-7(8(11)5-6)9(13)3-4-12/h1-2,5,9,13H,3H2. The van der Waals surface area contributed by atoms with Crippen LogP contribution in [0.5, 0.6) is 0 Å². The number of nitriles is 1. The molecule has 4 heteroatoms. The Bertz CT molecular complexity index is 348. The van der Waals surface area contributed by atoms with Gasteiger partial charge in [0.1, 0.15) is 5.82 Å². The second-order valence-corrected chi connectivity index (χ2v) is 2.98. The maximum atomic E-state index is 13.1. The van der Waals surface area contributed by atoms with Gasteiger partial charge in [-0.15, -0.1) is 0 Å². The molecular formula is C9H7ClFNO. The lowest BCUT2D eigenvalue weighted by atomic mass is 10.1. The maximum absolute atomic E-state index is 13.1. The van der Waals surface area contributed by atoms with Crippen molar-refractivity contribution in [2.24, 2.45) is 0 Å². The van der Waals surface area contributed by atoms with E-state index in [0.717, 1.165) is 6.07 Å². The highest BCUT2D eigenvalue weighted by Gasteiger charge is 2.12. The zero-order chi connectivity index (χ0) is 9.84. The molecular weight excluding hydrogens is 193 g/mol. The van der Waals surface area contributed by atoms with Crippen LogP contribution in [0.1, 0.15) is 18.1 Å². The van der Waals surface area contributed by atoms with E-state index in [1.165, 1.54) is 12.1 Å². The molecule has 0 spiro atoms. The molecule has 0 aliphatic rings. The fourth-order valence-corrected chi connectivity index (χ4v) is 1.13. The number of nitrogens with zero attached hydrogens (tertiary/aromatic N) is 1. The van der Waals surface area contributed by atoms with Crippen molar-refractivity contribution in [3.63, 3.8) is 0 Å². The summed E-state index contributed by atoms with van der Waals surface area (Å²) in [6, 6.07) is 5.71. The van der Waals surface area contributed by atoms with E-state index < -0.39 is 11.9 Å². The van der Waals surface area contributed by atoms with Crippen LogP contribution in [0.25, 0.3) is 0 Å². The molecule has 1 N–H and O–H groups in total. The van der Waals surface area contributed by atoms with Crippen LogP contribution in [-0.4, -0.2) is 5.11 Å². The predicted molar refractivity (Wildman–Crippen MR) is 46.6 cm³/mol. The molecule has 13 heavy (non-hydrogen) atoms. The minimum atomic E-state index is -1.08. The highest BCUT2D eigenvalue weighted by Crippen LogP contribution is 2.22. The first-order valence-electron chi connectivity index (χ1n) is 3.65. The Balaban J connectivity index is 2.96. The summed E-state index contributed by atoms with van der Waals surface area (Å²) in [5.41, 5.74) is 0.103. The van der Waals surface area contributed by atoms with E-state index in [4.69, 9.17) is 16.9 Å².